The molecule has 0 spiro atoms. The number of rotatable bonds is 6. The first-order valence-corrected chi connectivity index (χ1v) is 10.2. The predicted octanol–water partition coefficient (Wildman–Crippen LogP) is 2.86. The molecule has 0 fully saturated rings. The first-order valence-electron chi connectivity index (χ1n) is 9.36. The SMILES string of the molecule is CC(=O)Nc1cccc(NC(=O)C(=O)NCC(c2cccs2)n2nc(C)cc2C)c1. The predicted molar refractivity (Wildman–Crippen MR) is 117 cm³/mol. The molecule has 30 heavy (non-hydrogen) atoms. The number of aromatic nitrogens is 2. The highest BCUT2D eigenvalue weighted by atomic mass is 32.1. The van der Waals surface area contributed by atoms with Gasteiger partial charge in [0.25, 0.3) is 0 Å². The molecule has 1 aromatic carbocycles. The summed E-state index contributed by atoms with van der Waals surface area (Å²) in [5, 5.41) is 14.4. The summed E-state index contributed by atoms with van der Waals surface area (Å²) in [6, 6.07) is 12.3. The lowest BCUT2D eigenvalue weighted by Crippen LogP contribution is -2.39. The second-order valence-electron chi connectivity index (χ2n) is 6.83. The fraction of sp³-hybridized carbons (Fsp3) is 0.238. The number of amides is 3. The third kappa shape index (κ3) is 5.32. The molecule has 3 aromatic rings. The topological polar surface area (TPSA) is 105 Å². The van der Waals surface area contributed by atoms with Crippen molar-refractivity contribution in [2.45, 2.75) is 26.8 Å². The molecule has 2 aromatic heterocycles. The zero-order valence-electron chi connectivity index (χ0n) is 16.9. The average Bonchev–Trinajstić information content (AvgIpc) is 3.31. The van der Waals surface area contributed by atoms with E-state index in [0.29, 0.717) is 11.4 Å². The normalized spacial score (nSPS) is 11.6. The summed E-state index contributed by atoms with van der Waals surface area (Å²) >= 11 is 1.57. The molecule has 0 radical (unpaired) electrons. The third-order valence-electron chi connectivity index (χ3n) is 4.31. The van der Waals surface area contributed by atoms with Crippen molar-refractivity contribution in [2.24, 2.45) is 0 Å². The molecule has 0 bridgehead atoms. The molecule has 0 aliphatic carbocycles. The van der Waals surface area contributed by atoms with E-state index in [1.165, 1.54) is 6.92 Å². The zero-order valence-corrected chi connectivity index (χ0v) is 17.7. The van der Waals surface area contributed by atoms with Crippen molar-refractivity contribution in [3.05, 3.63) is 64.1 Å². The fourth-order valence-electron chi connectivity index (χ4n) is 3.09. The molecule has 3 rings (SSSR count). The van der Waals surface area contributed by atoms with Crippen LogP contribution in [-0.2, 0) is 14.4 Å². The molecule has 156 valence electrons. The van der Waals surface area contributed by atoms with Gasteiger partial charge in [0.2, 0.25) is 5.91 Å². The van der Waals surface area contributed by atoms with Gasteiger partial charge in [0.05, 0.1) is 5.69 Å². The molecule has 1 unspecified atom stereocenters. The maximum Gasteiger partial charge on any atom is 0.313 e. The van der Waals surface area contributed by atoms with Gasteiger partial charge in [0.1, 0.15) is 6.04 Å². The van der Waals surface area contributed by atoms with E-state index in [1.807, 2.05) is 42.1 Å². The molecular formula is C21H23N5O3S. The van der Waals surface area contributed by atoms with E-state index in [4.69, 9.17) is 0 Å². The molecule has 3 amide bonds. The van der Waals surface area contributed by atoms with E-state index in [2.05, 4.69) is 21.0 Å². The second-order valence-corrected chi connectivity index (χ2v) is 7.81. The van der Waals surface area contributed by atoms with E-state index in [-0.39, 0.29) is 18.5 Å². The number of hydrogen-bond acceptors (Lipinski definition) is 5. The molecule has 2 heterocycles. The Balaban J connectivity index is 1.66. The quantitative estimate of drug-likeness (QED) is 0.528. The first-order chi connectivity index (χ1) is 14.3. The van der Waals surface area contributed by atoms with E-state index in [0.717, 1.165) is 16.3 Å². The summed E-state index contributed by atoms with van der Waals surface area (Å²) in [6.45, 7) is 5.49. The van der Waals surface area contributed by atoms with Crippen LogP contribution in [0.15, 0.2) is 47.8 Å². The van der Waals surface area contributed by atoms with Gasteiger partial charge in [-0.3, -0.25) is 19.1 Å². The molecular weight excluding hydrogens is 402 g/mol. The summed E-state index contributed by atoms with van der Waals surface area (Å²) in [7, 11) is 0. The van der Waals surface area contributed by atoms with E-state index in [1.54, 1.807) is 35.6 Å². The van der Waals surface area contributed by atoms with Crippen LogP contribution in [0.2, 0.25) is 0 Å². The molecule has 0 aliphatic heterocycles. The molecule has 0 aliphatic rings. The van der Waals surface area contributed by atoms with Gasteiger partial charge < -0.3 is 16.0 Å². The lowest BCUT2D eigenvalue weighted by Gasteiger charge is -2.18. The van der Waals surface area contributed by atoms with Crippen LogP contribution in [0, 0.1) is 13.8 Å². The number of nitrogens with one attached hydrogen (secondary N) is 3. The number of aryl methyl sites for hydroxylation is 2. The third-order valence-corrected chi connectivity index (χ3v) is 5.29. The maximum absolute atomic E-state index is 12.4. The van der Waals surface area contributed by atoms with Gasteiger partial charge in [-0.25, -0.2) is 0 Å². The molecule has 1 atom stereocenters. The highest BCUT2D eigenvalue weighted by Crippen LogP contribution is 2.24. The van der Waals surface area contributed by atoms with Crippen LogP contribution in [0.1, 0.15) is 29.2 Å². The Labute approximate surface area is 178 Å². The van der Waals surface area contributed by atoms with Crippen LogP contribution in [0.4, 0.5) is 11.4 Å². The van der Waals surface area contributed by atoms with Crippen LogP contribution in [0.5, 0.6) is 0 Å². The lowest BCUT2D eigenvalue weighted by molar-refractivity contribution is -0.136. The molecule has 3 N–H and O–H groups in total. The lowest BCUT2D eigenvalue weighted by atomic mass is 10.2. The monoisotopic (exact) mass is 425 g/mol. The number of thiophene rings is 1. The Morgan fingerprint density at radius 3 is 2.37 bits per heavy atom. The number of carbonyl (C=O) groups is 3. The average molecular weight is 426 g/mol. The summed E-state index contributed by atoms with van der Waals surface area (Å²) < 4.78 is 1.86. The smallest absolute Gasteiger partial charge is 0.313 e. The van der Waals surface area contributed by atoms with E-state index >= 15 is 0 Å². The highest BCUT2D eigenvalue weighted by molar-refractivity contribution is 7.10. The standard InChI is InChI=1S/C21H23N5O3S/c1-13-10-14(2)26(25-13)18(19-8-5-9-30-19)12-22-20(28)21(29)24-17-7-4-6-16(11-17)23-15(3)27/h4-11,18H,12H2,1-3H3,(H,22,28)(H,23,27)(H,24,29). The molecule has 9 heteroatoms. The van der Waals surface area contributed by atoms with Crippen LogP contribution < -0.4 is 16.0 Å². The fourth-order valence-corrected chi connectivity index (χ4v) is 3.90. The highest BCUT2D eigenvalue weighted by Gasteiger charge is 2.21. The molecule has 0 saturated heterocycles. The van der Waals surface area contributed by atoms with Crippen molar-refractivity contribution in [1.82, 2.24) is 15.1 Å². The Hall–Kier alpha value is -3.46. The van der Waals surface area contributed by atoms with Gasteiger partial charge in [-0.2, -0.15) is 5.10 Å². The number of benzene rings is 1. The minimum absolute atomic E-state index is 0.210. The number of hydrogen-bond donors (Lipinski definition) is 3. The number of carbonyl (C=O) groups excluding carboxylic acids is 3. The van der Waals surface area contributed by atoms with Crippen LogP contribution in [0.25, 0.3) is 0 Å². The maximum atomic E-state index is 12.4. The molecule has 0 saturated carbocycles. The van der Waals surface area contributed by atoms with Gasteiger partial charge >= 0.3 is 11.8 Å². The van der Waals surface area contributed by atoms with Gasteiger partial charge in [-0.1, -0.05) is 12.1 Å². The summed E-state index contributed by atoms with van der Waals surface area (Å²) in [4.78, 5) is 36.9. The minimum Gasteiger partial charge on any atom is -0.345 e. The summed E-state index contributed by atoms with van der Waals surface area (Å²) in [5.74, 6) is -1.75. The van der Waals surface area contributed by atoms with Crippen LogP contribution in [0.3, 0.4) is 0 Å². The van der Waals surface area contributed by atoms with Crippen molar-refractivity contribution in [1.29, 1.82) is 0 Å². The number of nitrogens with zero attached hydrogens (tertiary/aromatic N) is 2. The van der Waals surface area contributed by atoms with E-state index in [9.17, 15) is 14.4 Å². The zero-order chi connectivity index (χ0) is 21.7. The summed E-state index contributed by atoms with van der Waals surface area (Å²) in [6.07, 6.45) is 0. The van der Waals surface area contributed by atoms with Crippen molar-refractivity contribution in [3.63, 3.8) is 0 Å². The summed E-state index contributed by atoms with van der Waals surface area (Å²) in [5.41, 5.74) is 2.80. The number of anilines is 2. The van der Waals surface area contributed by atoms with Gasteiger partial charge in [0.15, 0.2) is 0 Å². The Morgan fingerprint density at radius 2 is 1.77 bits per heavy atom. The van der Waals surface area contributed by atoms with E-state index < -0.39 is 11.8 Å². The van der Waals surface area contributed by atoms with Crippen LogP contribution in [-0.4, -0.2) is 34.0 Å². The van der Waals surface area contributed by atoms with Crippen molar-refractivity contribution >= 4 is 40.4 Å². The Morgan fingerprint density at radius 1 is 1.03 bits per heavy atom. The molecule has 8 nitrogen and oxygen atoms in total. The van der Waals surface area contributed by atoms with Gasteiger partial charge in [0, 0.05) is 35.4 Å². The second kappa shape index (κ2) is 9.36. The van der Waals surface area contributed by atoms with Crippen LogP contribution >= 0.6 is 11.3 Å². The Kier molecular flexibility index (Phi) is 6.63. The largest absolute Gasteiger partial charge is 0.345 e. The minimum atomic E-state index is -0.784. The van der Waals surface area contributed by atoms with Gasteiger partial charge in [-0.15, -0.1) is 11.3 Å². The van der Waals surface area contributed by atoms with Crippen molar-refractivity contribution in [3.8, 4) is 0 Å². The first kappa shape index (κ1) is 21.3. The van der Waals surface area contributed by atoms with Crippen molar-refractivity contribution < 1.29 is 14.4 Å². The van der Waals surface area contributed by atoms with Crippen molar-refractivity contribution in [2.75, 3.05) is 17.2 Å². The Bertz CT molecular complexity index is 1060. The van der Waals surface area contributed by atoms with Gasteiger partial charge in [-0.05, 0) is 49.6 Å².